The number of hydrogen-bond acceptors (Lipinski definition) is 3. The van der Waals surface area contributed by atoms with Crippen molar-refractivity contribution in [3.63, 3.8) is 0 Å². The fourth-order valence-corrected chi connectivity index (χ4v) is 2.66. The number of nitrogens with two attached hydrogens (primary N) is 1. The molecule has 0 saturated carbocycles. The maximum absolute atomic E-state index is 12.1. The number of benzene rings is 1. The molecule has 2 aromatic rings. The van der Waals surface area contributed by atoms with Gasteiger partial charge in [-0.1, -0.05) is 0 Å². The first-order valence-electron chi connectivity index (χ1n) is 6.57. The van der Waals surface area contributed by atoms with Gasteiger partial charge in [-0.05, 0) is 55.7 Å². The molecule has 0 atom stereocenters. The van der Waals surface area contributed by atoms with Crippen LogP contribution in [0.25, 0.3) is 11.1 Å². The number of nitrogen functional groups attached to an aromatic ring is 1. The lowest BCUT2D eigenvalue weighted by atomic mass is 9.83. The highest BCUT2D eigenvalue weighted by molar-refractivity contribution is 6.07. The second kappa shape index (κ2) is 4.07. The average molecular weight is 267 g/mol. The van der Waals surface area contributed by atoms with E-state index in [0.29, 0.717) is 5.69 Å². The van der Waals surface area contributed by atoms with Crippen LogP contribution in [0.2, 0.25) is 0 Å². The fourth-order valence-electron chi connectivity index (χ4n) is 2.66. The van der Waals surface area contributed by atoms with Crippen LogP contribution in [0.4, 0.5) is 11.4 Å². The predicted octanol–water partition coefficient (Wildman–Crippen LogP) is 2.87. The van der Waals surface area contributed by atoms with Gasteiger partial charge >= 0.3 is 0 Å². The lowest BCUT2D eigenvalue weighted by Crippen LogP contribution is -2.26. The number of pyridine rings is 1. The van der Waals surface area contributed by atoms with Gasteiger partial charge in [-0.3, -0.25) is 9.78 Å². The van der Waals surface area contributed by atoms with E-state index >= 15 is 0 Å². The predicted molar refractivity (Wildman–Crippen MR) is 80.5 cm³/mol. The molecular formula is C16H17N3O. The van der Waals surface area contributed by atoms with E-state index in [1.807, 2.05) is 39.0 Å². The van der Waals surface area contributed by atoms with Crippen molar-refractivity contribution < 1.29 is 4.79 Å². The van der Waals surface area contributed by atoms with Crippen molar-refractivity contribution in [2.75, 3.05) is 11.1 Å². The molecule has 0 unspecified atom stereocenters. The molecule has 1 aromatic heterocycles. The van der Waals surface area contributed by atoms with Gasteiger partial charge in [0.2, 0.25) is 5.91 Å². The van der Waals surface area contributed by atoms with Crippen LogP contribution < -0.4 is 11.1 Å². The van der Waals surface area contributed by atoms with Crippen molar-refractivity contribution >= 4 is 17.3 Å². The molecule has 0 saturated heterocycles. The third kappa shape index (κ3) is 1.68. The third-order valence-electron chi connectivity index (χ3n) is 3.98. The molecule has 4 heteroatoms. The van der Waals surface area contributed by atoms with Crippen molar-refractivity contribution in [1.82, 2.24) is 4.98 Å². The molecule has 0 bridgehead atoms. The molecule has 1 amide bonds. The fraction of sp³-hybridized carbons (Fsp3) is 0.250. The largest absolute Gasteiger partial charge is 0.397 e. The van der Waals surface area contributed by atoms with Crippen LogP contribution in [0, 0.1) is 6.92 Å². The average Bonchev–Trinajstić information content (AvgIpc) is 2.63. The van der Waals surface area contributed by atoms with Crippen molar-refractivity contribution in [3.8, 4) is 11.1 Å². The third-order valence-corrected chi connectivity index (χ3v) is 3.98. The van der Waals surface area contributed by atoms with Crippen LogP contribution in [0.15, 0.2) is 30.6 Å². The number of carbonyl (C=O) groups is 1. The number of anilines is 2. The molecule has 3 N–H and O–H groups in total. The Labute approximate surface area is 118 Å². The molecule has 0 radical (unpaired) electrons. The van der Waals surface area contributed by atoms with Crippen LogP contribution >= 0.6 is 0 Å². The molecule has 1 aromatic carbocycles. The molecular weight excluding hydrogens is 250 g/mol. The van der Waals surface area contributed by atoms with Crippen LogP contribution in [0.3, 0.4) is 0 Å². The second-order valence-corrected chi connectivity index (χ2v) is 5.76. The Morgan fingerprint density at radius 1 is 1.30 bits per heavy atom. The number of amides is 1. The molecule has 102 valence electrons. The van der Waals surface area contributed by atoms with E-state index in [0.717, 1.165) is 27.9 Å². The minimum absolute atomic E-state index is 0.0375. The minimum Gasteiger partial charge on any atom is -0.397 e. The van der Waals surface area contributed by atoms with Crippen LogP contribution in [0.5, 0.6) is 0 Å². The van der Waals surface area contributed by atoms with Gasteiger partial charge in [0, 0.05) is 17.4 Å². The number of aryl methyl sites for hydroxylation is 1. The van der Waals surface area contributed by atoms with Gasteiger partial charge in [-0.2, -0.15) is 0 Å². The zero-order valence-electron chi connectivity index (χ0n) is 11.8. The molecule has 4 nitrogen and oxygen atoms in total. The summed E-state index contributed by atoms with van der Waals surface area (Å²) in [6, 6.07) is 5.99. The summed E-state index contributed by atoms with van der Waals surface area (Å²) in [5.74, 6) is 0.0375. The molecule has 3 rings (SSSR count). The summed E-state index contributed by atoms with van der Waals surface area (Å²) in [5.41, 5.74) is 11.1. The summed E-state index contributed by atoms with van der Waals surface area (Å²) < 4.78 is 0. The zero-order chi connectivity index (χ0) is 14.5. The van der Waals surface area contributed by atoms with E-state index < -0.39 is 5.41 Å². The Morgan fingerprint density at radius 3 is 2.75 bits per heavy atom. The van der Waals surface area contributed by atoms with E-state index in [1.165, 1.54) is 0 Å². The van der Waals surface area contributed by atoms with Crippen molar-refractivity contribution in [3.05, 3.63) is 41.7 Å². The molecule has 20 heavy (non-hydrogen) atoms. The standard InChI is InChI=1S/C16H17N3O/c1-9-6-10(11-4-5-18-8-13(11)17)7-12-14(9)19-15(20)16(12,2)3/h4-8H,17H2,1-3H3,(H,19,20). The Bertz CT molecular complexity index is 720. The van der Waals surface area contributed by atoms with Gasteiger partial charge in [0.05, 0.1) is 17.3 Å². The highest BCUT2D eigenvalue weighted by Gasteiger charge is 2.39. The van der Waals surface area contributed by atoms with Crippen LogP contribution in [-0.2, 0) is 10.2 Å². The van der Waals surface area contributed by atoms with Crippen molar-refractivity contribution in [2.24, 2.45) is 0 Å². The number of rotatable bonds is 1. The van der Waals surface area contributed by atoms with E-state index in [1.54, 1.807) is 12.4 Å². The van der Waals surface area contributed by atoms with Crippen molar-refractivity contribution in [1.29, 1.82) is 0 Å². The highest BCUT2D eigenvalue weighted by atomic mass is 16.2. The summed E-state index contributed by atoms with van der Waals surface area (Å²) in [5, 5.41) is 2.97. The SMILES string of the molecule is Cc1cc(-c2ccncc2N)cc2c1NC(=O)C2(C)C. The van der Waals surface area contributed by atoms with Crippen molar-refractivity contribution in [2.45, 2.75) is 26.2 Å². The molecule has 1 aliphatic heterocycles. The lowest BCUT2D eigenvalue weighted by Gasteiger charge is -2.17. The summed E-state index contributed by atoms with van der Waals surface area (Å²) in [6.45, 7) is 5.88. The normalized spacial score (nSPS) is 15.8. The highest BCUT2D eigenvalue weighted by Crippen LogP contribution is 2.42. The van der Waals surface area contributed by atoms with E-state index in [-0.39, 0.29) is 5.91 Å². The van der Waals surface area contributed by atoms with Gasteiger partial charge in [-0.15, -0.1) is 0 Å². The molecule has 0 spiro atoms. The topological polar surface area (TPSA) is 68.0 Å². The number of carbonyl (C=O) groups excluding carboxylic acids is 1. The van der Waals surface area contributed by atoms with Crippen LogP contribution in [0.1, 0.15) is 25.0 Å². The first kappa shape index (κ1) is 12.7. The monoisotopic (exact) mass is 267 g/mol. The van der Waals surface area contributed by atoms with E-state index in [2.05, 4.69) is 10.3 Å². The van der Waals surface area contributed by atoms with E-state index in [9.17, 15) is 4.79 Å². The number of nitrogens with zero attached hydrogens (tertiary/aromatic N) is 1. The van der Waals surface area contributed by atoms with Gasteiger partial charge in [0.15, 0.2) is 0 Å². The maximum Gasteiger partial charge on any atom is 0.234 e. The first-order valence-corrected chi connectivity index (χ1v) is 6.57. The Morgan fingerprint density at radius 2 is 2.05 bits per heavy atom. The molecule has 0 aliphatic carbocycles. The molecule has 0 fully saturated rings. The molecule has 1 aliphatic rings. The summed E-state index contributed by atoms with van der Waals surface area (Å²) in [4.78, 5) is 16.1. The van der Waals surface area contributed by atoms with E-state index in [4.69, 9.17) is 5.73 Å². The summed E-state index contributed by atoms with van der Waals surface area (Å²) in [7, 11) is 0. The Balaban J connectivity index is 2.24. The van der Waals surface area contributed by atoms with Gasteiger partial charge in [0.25, 0.3) is 0 Å². The van der Waals surface area contributed by atoms with Gasteiger partial charge in [-0.25, -0.2) is 0 Å². The Kier molecular flexibility index (Phi) is 2.57. The van der Waals surface area contributed by atoms with Crippen LogP contribution in [-0.4, -0.2) is 10.9 Å². The first-order chi connectivity index (χ1) is 9.41. The zero-order valence-corrected chi connectivity index (χ0v) is 11.8. The smallest absolute Gasteiger partial charge is 0.234 e. The van der Waals surface area contributed by atoms with Gasteiger partial charge in [0.1, 0.15) is 0 Å². The number of fused-ring (bicyclic) bond motifs is 1. The maximum atomic E-state index is 12.1. The minimum atomic E-state index is -0.516. The molecule has 2 heterocycles. The quantitative estimate of drug-likeness (QED) is 0.834. The summed E-state index contributed by atoms with van der Waals surface area (Å²) in [6.07, 6.45) is 3.37. The van der Waals surface area contributed by atoms with Gasteiger partial charge < -0.3 is 11.1 Å². The number of aromatic nitrogens is 1. The second-order valence-electron chi connectivity index (χ2n) is 5.76. The number of hydrogen-bond donors (Lipinski definition) is 2. The number of nitrogens with one attached hydrogen (secondary N) is 1. The lowest BCUT2D eigenvalue weighted by molar-refractivity contribution is -0.119. The summed E-state index contributed by atoms with van der Waals surface area (Å²) >= 11 is 0. The Hall–Kier alpha value is -2.36.